The largest absolute Gasteiger partial charge is 0.362 e. The van der Waals surface area contributed by atoms with E-state index in [9.17, 15) is 0 Å². The lowest BCUT2D eigenvalue weighted by atomic mass is 9.84. The lowest BCUT2D eigenvalue weighted by Crippen LogP contribution is -2.58. The Balaban J connectivity index is 1.29. The number of aromatic nitrogens is 1. The molecule has 1 aromatic heterocycles. The smallest absolute Gasteiger partial charge is 0.166 e. The molecule has 2 bridgehead atoms. The Morgan fingerprint density at radius 3 is 2.92 bits per heavy atom. The molecule has 0 spiro atoms. The number of H-pyrrole nitrogens is 1. The molecule has 4 heterocycles. The van der Waals surface area contributed by atoms with E-state index in [1.807, 2.05) is 18.2 Å². The lowest BCUT2D eigenvalue weighted by molar-refractivity contribution is 0.0812. The third-order valence-corrected chi connectivity index (χ3v) is 5.88. The highest BCUT2D eigenvalue weighted by Crippen LogP contribution is 2.27. The maximum Gasteiger partial charge on any atom is 0.166 e. The van der Waals surface area contributed by atoms with Crippen LogP contribution in [0.3, 0.4) is 0 Å². The van der Waals surface area contributed by atoms with E-state index in [1.165, 1.54) is 36.9 Å². The molecule has 3 N–H and O–H groups in total. The summed E-state index contributed by atoms with van der Waals surface area (Å²) in [5.74, 6) is 0.783. The van der Waals surface area contributed by atoms with Gasteiger partial charge in [0.15, 0.2) is 5.11 Å². The van der Waals surface area contributed by atoms with Crippen molar-refractivity contribution in [2.45, 2.75) is 25.3 Å². The second-order valence-corrected chi connectivity index (χ2v) is 7.74. The predicted octanol–water partition coefficient (Wildman–Crippen LogP) is 2.92. The molecule has 5 rings (SSSR count). The van der Waals surface area contributed by atoms with E-state index < -0.39 is 0 Å². The van der Waals surface area contributed by atoms with Gasteiger partial charge in [-0.1, -0.05) is 11.6 Å². The van der Waals surface area contributed by atoms with Crippen LogP contribution in [-0.2, 0) is 6.42 Å². The molecular weight excluding hydrogens is 340 g/mol. The fourth-order valence-corrected chi connectivity index (χ4v) is 4.44. The Bertz CT molecular complexity index is 736. The molecule has 128 valence electrons. The minimum Gasteiger partial charge on any atom is -0.362 e. The summed E-state index contributed by atoms with van der Waals surface area (Å²) in [6.07, 6.45) is 5.58. The van der Waals surface area contributed by atoms with Gasteiger partial charge in [0.25, 0.3) is 0 Å². The van der Waals surface area contributed by atoms with Crippen LogP contribution < -0.4 is 10.6 Å². The van der Waals surface area contributed by atoms with Gasteiger partial charge in [-0.25, -0.2) is 0 Å². The number of hydrogen-bond donors (Lipinski definition) is 3. The highest BCUT2D eigenvalue weighted by molar-refractivity contribution is 7.80. The van der Waals surface area contributed by atoms with E-state index in [-0.39, 0.29) is 0 Å². The molecule has 3 aliphatic rings. The number of nitrogens with one attached hydrogen (secondary N) is 3. The molecule has 0 amide bonds. The van der Waals surface area contributed by atoms with Gasteiger partial charge in [0.05, 0.1) is 0 Å². The predicted molar refractivity (Wildman–Crippen MR) is 104 cm³/mol. The summed E-state index contributed by atoms with van der Waals surface area (Å²) >= 11 is 11.6. The van der Waals surface area contributed by atoms with Gasteiger partial charge < -0.3 is 20.5 Å². The first-order chi connectivity index (χ1) is 11.7. The van der Waals surface area contributed by atoms with Crippen molar-refractivity contribution < 1.29 is 0 Å². The van der Waals surface area contributed by atoms with Crippen LogP contribution in [0.2, 0.25) is 5.02 Å². The van der Waals surface area contributed by atoms with Crippen molar-refractivity contribution in [3.63, 3.8) is 0 Å². The first-order valence-electron chi connectivity index (χ1n) is 8.71. The molecule has 0 aliphatic carbocycles. The fraction of sp³-hybridized carbons (Fsp3) is 0.500. The minimum atomic E-state index is 0.513. The van der Waals surface area contributed by atoms with Gasteiger partial charge in [-0.05, 0) is 74.3 Å². The standard InChI is InChI=1S/C18H23ClN4S/c19-14-1-2-16-15(9-14)13(10-21-16)3-6-20-18(24)22-17-11-23-7-4-12(17)5-8-23/h1-2,9-10,12,17,21H,3-8,11H2,(H2,20,22,24)/t17-/m1/s1. The number of aromatic amines is 1. The third-order valence-electron chi connectivity index (χ3n) is 5.38. The quantitative estimate of drug-likeness (QED) is 0.732. The van der Waals surface area contributed by atoms with Crippen LogP contribution in [0.15, 0.2) is 24.4 Å². The molecule has 0 saturated carbocycles. The van der Waals surface area contributed by atoms with E-state index >= 15 is 0 Å². The molecule has 3 aliphatic heterocycles. The summed E-state index contributed by atoms with van der Waals surface area (Å²) in [7, 11) is 0. The number of benzene rings is 1. The molecule has 24 heavy (non-hydrogen) atoms. The van der Waals surface area contributed by atoms with Gasteiger partial charge in [0.1, 0.15) is 0 Å². The zero-order chi connectivity index (χ0) is 16.5. The van der Waals surface area contributed by atoms with Crippen molar-refractivity contribution >= 4 is 39.8 Å². The Hall–Kier alpha value is -1.30. The zero-order valence-electron chi connectivity index (χ0n) is 13.6. The lowest BCUT2D eigenvalue weighted by Gasteiger charge is -2.45. The van der Waals surface area contributed by atoms with Crippen molar-refractivity contribution in [2.24, 2.45) is 5.92 Å². The fourth-order valence-electron chi connectivity index (χ4n) is 4.02. The summed E-state index contributed by atoms with van der Waals surface area (Å²) in [5.41, 5.74) is 2.40. The van der Waals surface area contributed by atoms with Gasteiger partial charge in [-0.3, -0.25) is 0 Å². The summed E-state index contributed by atoms with van der Waals surface area (Å²) in [6, 6.07) is 6.47. The summed E-state index contributed by atoms with van der Waals surface area (Å²) < 4.78 is 0. The zero-order valence-corrected chi connectivity index (χ0v) is 15.2. The van der Waals surface area contributed by atoms with E-state index in [0.29, 0.717) is 6.04 Å². The molecule has 0 radical (unpaired) electrons. The van der Waals surface area contributed by atoms with Crippen LogP contribution in [0.4, 0.5) is 0 Å². The molecule has 4 nitrogen and oxygen atoms in total. The Morgan fingerprint density at radius 1 is 1.33 bits per heavy atom. The molecule has 1 aromatic carbocycles. The Labute approximate surface area is 152 Å². The second kappa shape index (κ2) is 6.90. The number of piperidine rings is 3. The topological polar surface area (TPSA) is 43.1 Å². The van der Waals surface area contributed by atoms with Crippen molar-refractivity contribution in [3.05, 3.63) is 35.0 Å². The van der Waals surface area contributed by atoms with Crippen molar-refractivity contribution in [1.29, 1.82) is 0 Å². The highest BCUT2D eigenvalue weighted by atomic mass is 35.5. The number of halogens is 1. The van der Waals surface area contributed by atoms with Crippen molar-refractivity contribution in [1.82, 2.24) is 20.5 Å². The SMILES string of the molecule is S=C(NCCc1c[nH]c2ccc(Cl)cc12)N[C@@H]1CN2CCC1CC2. The number of thiocarbonyl (C=S) groups is 1. The summed E-state index contributed by atoms with van der Waals surface area (Å²) in [5, 5.41) is 9.64. The van der Waals surface area contributed by atoms with Crippen molar-refractivity contribution in [3.8, 4) is 0 Å². The number of nitrogens with zero attached hydrogens (tertiary/aromatic N) is 1. The van der Waals surface area contributed by atoms with Crippen LogP contribution in [0.25, 0.3) is 10.9 Å². The van der Waals surface area contributed by atoms with Gasteiger partial charge in [-0.2, -0.15) is 0 Å². The number of rotatable bonds is 4. The van der Waals surface area contributed by atoms with Gasteiger partial charge in [-0.15, -0.1) is 0 Å². The average molecular weight is 363 g/mol. The molecule has 3 saturated heterocycles. The van der Waals surface area contributed by atoms with Crippen LogP contribution in [0.5, 0.6) is 0 Å². The summed E-state index contributed by atoms with van der Waals surface area (Å²) in [4.78, 5) is 5.83. The average Bonchev–Trinajstić information content (AvgIpc) is 2.98. The van der Waals surface area contributed by atoms with Gasteiger partial charge in [0, 0.05) is 41.3 Å². The van der Waals surface area contributed by atoms with E-state index in [2.05, 4.69) is 26.7 Å². The van der Waals surface area contributed by atoms with Crippen LogP contribution >= 0.6 is 23.8 Å². The van der Waals surface area contributed by atoms with Gasteiger partial charge >= 0.3 is 0 Å². The monoisotopic (exact) mass is 362 g/mol. The van der Waals surface area contributed by atoms with Crippen molar-refractivity contribution in [2.75, 3.05) is 26.2 Å². The molecule has 3 fully saturated rings. The minimum absolute atomic E-state index is 0.513. The maximum atomic E-state index is 6.11. The Kier molecular flexibility index (Phi) is 4.66. The van der Waals surface area contributed by atoms with Crippen LogP contribution in [-0.4, -0.2) is 47.2 Å². The highest BCUT2D eigenvalue weighted by Gasteiger charge is 2.34. The first kappa shape index (κ1) is 16.2. The molecule has 1 atom stereocenters. The third kappa shape index (κ3) is 3.39. The second-order valence-electron chi connectivity index (χ2n) is 6.90. The summed E-state index contributed by atoms with van der Waals surface area (Å²) in [6.45, 7) is 4.47. The molecule has 0 unspecified atom stereocenters. The number of hydrogen-bond acceptors (Lipinski definition) is 2. The van der Waals surface area contributed by atoms with E-state index in [0.717, 1.165) is 41.1 Å². The maximum absolute atomic E-state index is 6.11. The number of fused-ring (bicyclic) bond motifs is 4. The molecule has 2 aromatic rings. The first-order valence-corrected chi connectivity index (χ1v) is 9.50. The molecule has 6 heteroatoms. The normalized spacial score (nSPS) is 25.8. The van der Waals surface area contributed by atoms with E-state index in [1.54, 1.807) is 0 Å². The van der Waals surface area contributed by atoms with E-state index in [4.69, 9.17) is 23.8 Å². The van der Waals surface area contributed by atoms with Crippen LogP contribution in [0.1, 0.15) is 18.4 Å². The molecular formula is C18H23ClN4S. The Morgan fingerprint density at radius 2 is 2.17 bits per heavy atom. The van der Waals surface area contributed by atoms with Crippen LogP contribution in [0, 0.1) is 5.92 Å². The van der Waals surface area contributed by atoms with Gasteiger partial charge in [0.2, 0.25) is 0 Å².